The van der Waals surface area contributed by atoms with Crippen molar-refractivity contribution in [3.05, 3.63) is 77.9 Å². The summed E-state index contributed by atoms with van der Waals surface area (Å²) in [5, 5.41) is 2.95. The molecule has 0 atom stereocenters. The Morgan fingerprint density at radius 2 is 1.60 bits per heavy atom. The number of sulfonamides is 1. The molecule has 3 aromatic carbocycles. The van der Waals surface area contributed by atoms with E-state index in [2.05, 4.69) is 19.2 Å². The quantitative estimate of drug-likeness (QED) is 0.651. The average Bonchev–Trinajstić information content (AvgIpc) is 2.72. The Bertz CT molecular complexity index is 1230. The summed E-state index contributed by atoms with van der Waals surface area (Å²) in [5.41, 5.74) is 4.69. The molecule has 3 aromatic rings. The summed E-state index contributed by atoms with van der Waals surface area (Å²) in [6.45, 7) is 5.77. The van der Waals surface area contributed by atoms with Crippen LogP contribution in [-0.2, 0) is 14.8 Å². The van der Waals surface area contributed by atoms with Crippen LogP contribution in [0.4, 0.5) is 11.4 Å². The topological polar surface area (TPSA) is 66.5 Å². The first-order valence-corrected chi connectivity index (χ1v) is 11.3. The second kappa shape index (κ2) is 7.61. The molecule has 1 N–H and O–H groups in total. The molecular formula is C24H24N2O3S. The van der Waals surface area contributed by atoms with Crippen LogP contribution in [0.2, 0.25) is 0 Å². The zero-order valence-corrected chi connectivity index (χ0v) is 18.0. The number of aryl methyl sites for hydroxylation is 1. The van der Waals surface area contributed by atoms with Crippen molar-refractivity contribution < 1.29 is 13.2 Å². The molecule has 0 aliphatic carbocycles. The van der Waals surface area contributed by atoms with Crippen molar-refractivity contribution in [2.45, 2.75) is 31.6 Å². The van der Waals surface area contributed by atoms with Gasteiger partial charge in [0.25, 0.3) is 10.0 Å². The maximum Gasteiger partial charge on any atom is 0.265 e. The maximum atomic E-state index is 13.3. The van der Waals surface area contributed by atoms with Gasteiger partial charge in [0.05, 0.1) is 10.6 Å². The zero-order valence-electron chi connectivity index (χ0n) is 17.2. The number of amides is 1. The van der Waals surface area contributed by atoms with Gasteiger partial charge in [-0.25, -0.2) is 8.42 Å². The van der Waals surface area contributed by atoms with Gasteiger partial charge in [-0.05, 0) is 36.1 Å². The van der Waals surface area contributed by atoms with Gasteiger partial charge in [-0.2, -0.15) is 0 Å². The largest absolute Gasteiger partial charge is 0.324 e. The fourth-order valence-corrected chi connectivity index (χ4v) is 5.55. The lowest BCUT2D eigenvalue weighted by molar-refractivity contribution is -0.114. The number of nitrogens with zero attached hydrogens (tertiary/aromatic N) is 1. The third kappa shape index (κ3) is 3.37. The average molecular weight is 421 g/mol. The van der Waals surface area contributed by atoms with E-state index < -0.39 is 10.0 Å². The van der Waals surface area contributed by atoms with E-state index in [0.29, 0.717) is 11.3 Å². The molecule has 0 spiro atoms. The Morgan fingerprint density at radius 1 is 0.933 bits per heavy atom. The lowest BCUT2D eigenvalue weighted by atomic mass is 9.98. The molecule has 1 aliphatic heterocycles. The Hall–Kier alpha value is -3.12. The Morgan fingerprint density at radius 3 is 2.33 bits per heavy atom. The molecule has 0 aromatic heterocycles. The zero-order chi connectivity index (χ0) is 21.5. The van der Waals surface area contributed by atoms with Gasteiger partial charge < -0.3 is 5.32 Å². The first kappa shape index (κ1) is 20.2. The van der Waals surface area contributed by atoms with Crippen LogP contribution in [0.1, 0.15) is 30.9 Å². The van der Waals surface area contributed by atoms with Crippen molar-refractivity contribution in [2.75, 3.05) is 16.2 Å². The Labute approximate surface area is 177 Å². The molecule has 4 rings (SSSR count). The van der Waals surface area contributed by atoms with Gasteiger partial charge in [0, 0.05) is 16.8 Å². The normalized spacial score (nSPS) is 14.2. The minimum Gasteiger partial charge on any atom is -0.324 e. The van der Waals surface area contributed by atoms with Crippen molar-refractivity contribution in [1.82, 2.24) is 0 Å². The third-order valence-electron chi connectivity index (χ3n) is 5.40. The number of rotatable bonds is 4. The van der Waals surface area contributed by atoms with Crippen LogP contribution in [-0.4, -0.2) is 20.9 Å². The molecule has 0 saturated heterocycles. The number of fused-ring (bicyclic) bond motifs is 3. The second-order valence-electron chi connectivity index (χ2n) is 7.77. The summed E-state index contributed by atoms with van der Waals surface area (Å²) in [4.78, 5) is 13.2. The molecule has 1 amide bonds. The molecule has 0 fully saturated rings. The highest BCUT2D eigenvalue weighted by Crippen LogP contribution is 2.42. The fourth-order valence-electron chi connectivity index (χ4n) is 3.90. The number of hydrogen-bond donors (Lipinski definition) is 1. The van der Waals surface area contributed by atoms with Crippen LogP contribution in [0.15, 0.2) is 71.6 Å². The molecule has 30 heavy (non-hydrogen) atoms. The molecular weight excluding hydrogens is 396 g/mol. The van der Waals surface area contributed by atoms with E-state index in [9.17, 15) is 13.2 Å². The SMILES string of the molecule is Cc1cccc(C(C)C)c1NC(=O)CN1c2ccccc2-c2ccccc2S1(=O)=O. The second-order valence-corrected chi connectivity index (χ2v) is 9.60. The lowest BCUT2D eigenvalue weighted by Crippen LogP contribution is -2.40. The van der Waals surface area contributed by atoms with Crippen molar-refractivity contribution in [3.63, 3.8) is 0 Å². The van der Waals surface area contributed by atoms with Crippen LogP contribution < -0.4 is 9.62 Å². The first-order valence-electron chi connectivity index (χ1n) is 9.91. The van der Waals surface area contributed by atoms with Gasteiger partial charge in [-0.3, -0.25) is 9.10 Å². The van der Waals surface area contributed by atoms with E-state index >= 15 is 0 Å². The molecule has 6 heteroatoms. The van der Waals surface area contributed by atoms with Gasteiger partial charge >= 0.3 is 0 Å². The van der Waals surface area contributed by atoms with Crippen LogP contribution >= 0.6 is 0 Å². The first-order chi connectivity index (χ1) is 14.3. The lowest BCUT2D eigenvalue weighted by Gasteiger charge is -2.31. The predicted molar refractivity (Wildman–Crippen MR) is 120 cm³/mol. The number of hydrogen-bond acceptors (Lipinski definition) is 3. The van der Waals surface area contributed by atoms with Gasteiger partial charge in [-0.1, -0.05) is 68.4 Å². The smallest absolute Gasteiger partial charge is 0.265 e. The van der Waals surface area contributed by atoms with Crippen molar-refractivity contribution in [1.29, 1.82) is 0 Å². The highest BCUT2D eigenvalue weighted by atomic mass is 32.2. The standard InChI is InChI=1S/C24H24N2O3S/c1-16(2)18-12-8-9-17(3)24(18)25-23(27)15-26-21-13-6-4-10-19(21)20-11-5-7-14-22(20)30(26,28)29/h4-14,16H,15H2,1-3H3,(H,25,27). The number of benzene rings is 3. The van der Waals surface area contributed by atoms with E-state index in [-0.39, 0.29) is 23.3 Å². The van der Waals surface area contributed by atoms with Crippen LogP contribution in [0, 0.1) is 6.92 Å². The number of nitrogens with one attached hydrogen (secondary N) is 1. The van der Waals surface area contributed by atoms with E-state index in [1.807, 2.05) is 43.3 Å². The summed E-state index contributed by atoms with van der Waals surface area (Å²) in [5.74, 6) is -0.143. The molecule has 1 aliphatic rings. The van der Waals surface area contributed by atoms with E-state index in [0.717, 1.165) is 22.4 Å². The fraction of sp³-hybridized carbons (Fsp3) is 0.208. The molecule has 5 nitrogen and oxygen atoms in total. The number of para-hydroxylation sites is 2. The number of carbonyl (C=O) groups is 1. The van der Waals surface area contributed by atoms with Crippen molar-refractivity contribution >= 4 is 27.3 Å². The van der Waals surface area contributed by atoms with Crippen molar-refractivity contribution in [3.8, 4) is 11.1 Å². The van der Waals surface area contributed by atoms with Crippen LogP contribution in [0.5, 0.6) is 0 Å². The van der Waals surface area contributed by atoms with Crippen LogP contribution in [0.3, 0.4) is 0 Å². The highest BCUT2D eigenvalue weighted by molar-refractivity contribution is 7.93. The van der Waals surface area contributed by atoms with Gasteiger partial charge in [0.2, 0.25) is 5.91 Å². The summed E-state index contributed by atoms with van der Waals surface area (Å²) in [6, 6.07) is 20.1. The number of anilines is 2. The summed E-state index contributed by atoms with van der Waals surface area (Å²) < 4.78 is 27.9. The summed E-state index contributed by atoms with van der Waals surface area (Å²) in [7, 11) is -3.85. The van der Waals surface area contributed by atoms with Gasteiger partial charge in [0.1, 0.15) is 6.54 Å². The van der Waals surface area contributed by atoms with E-state index in [4.69, 9.17) is 0 Å². The molecule has 154 valence electrons. The predicted octanol–water partition coefficient (Wildman–Crippen LogP) is 4.93. The van der Waals surface area contributed by atoms with E-state index in [1.165, 1.54) is 4.31 Å². The molecule has 0 saturated carbocycles. The maximum absolute atomic E-state index is 13.3. The summed E-state index contributed by atoms with van der Waals surface area (Å²) >= 11 is 0. The molecule has 0 unspecified atom stereocenters. The minimum absolute atomic E-state index is 0.218. The third-order valence-corrected chi connectivity index (χ3v) is 7.21. The highest BCUT2D eigenvalue weighted by Gasteiger charge is 2.35. The van der Waals surface area contributed by atoms with E-state index in [1.54, 1.807) is 30.3 Å². The Kier molecular flexibility index (Phi) is 5.12. The van der Waals surface area contributed by atoms with Gasteiger partial charge in [-0.15, -0.1) is 0 Å². The minimum atomic E-state index is -3.85. The van der Waals surface area contributed by atoms with Crippen LogP contribution in [0.25, 0.3) is 11.1 Å². The van der Waals surface area contributed by atoms with Gasteiger partial charge in [0.15, 0.2) is 0 Å². The molecule has 0 radical (unpaired) electrons. The monoisotopic (exact) mass is 420 g/mol. The molecule has 1 heterocycles. The Balaban J connectivity index is 1.72. The van der Waals surface area contributed by atoms with Crippen molar-refractivity contribution in [2.24, 2.45) is 0 Å². The summed E-state index contributed by atoms with van der Waals surface area (Å²) in [6.07, 6.45) is 0. The molecule has 0 bridgehead atoms. The number of carbonyl (C=O) groups excluding carboxylic acids is 1.